The molecule has 0 radical (unpaired) electrons. The van der Waals surface area contributed by atoms with Gasteiger partial charge < -0.3 is 5.11 Å². The van der Waals surface area contributed by atoms with Crippen LogP contribution in [0.25, 0.3) is 0 Å². The first-order valence-electron chi connectivity index (χ1n) is 7.58. The number of rotatable bonds is 5. The second-order valence-corrected chi connectivity index (χ2v) is 6.00. The maximum atomic E-state index is 11.5. The van der Waals surface area contributed by atoms with Crippen LogP contribution in [-0.4, -0.2) is 29.1 Å². The zero-order valence-corrected chi connectivity index (χ0v) is 12.5. The zero-order chi connectivity index (χ0) is 14.5. The molecular weight excluding hydrogens is 250 g/mol. The molecule has 1 aliphatic carbocycles. The van der Waals surface area contributed by atoms with Crippen molar-refractivity contribution < 1.29 is 9.90 Å². The minimum Gasteiger partial charge on any atom is -0.481 e. The van der Waals surface area contributed by atoms with Gasteiger partial charge in [-0.3, -0.25) is 9.69 Å². The minimum atomic E-state index is -0.635. The molecule has 3 nitrogen and oxygen atoms in total. The maximum absolute atomic E-state index is 11.5. The van der Waals surface area contributed by atoms with Gasteiger partial charge in [-0.2, -0.15) is 0 Å². The SMILES string of the molecule is CCC1CCC(C(=O)O)C(N(C)Cc2ccccc2)C1. The van der Waals surface area contributed by atoms with E-state index in [9.17, 15) is 9.90 Å². The Morgan fingerprint density at radius 3 is 2.60 bits per heavy atom. The zero-order valence-electron chi connectivity index (χ0n) is 12.5. The average Bonchev–Trinajstić information content (AvgIpc) is 2.47. The fourth-order valence-corrected chi connectivity index (χ4v) is 3.37. The van der Waals surface area contributed by atoms with E-state index in [2.05, 4.69) is 31.0 Å². The standard InChI is InChI=1S/C17H25NO2/c1-3-13-9-10-15(17(19)20)16(11-13)18(2)12-14-7-5-4-6-8-14/h4-8,13,15-16H,3,9-12H2,1-2H3,(H,19,20). The second kappa shape index (κ2) is 6.89. The normalized spacial score (nSPS) is 26.6. The molecule has 1 aromatic rings. The van der Waals surface area contributed by atoms with E-state index in [1.165, 1.54) is 5.56 Å². The van der Waals surface area contributed by atoms with Crippen molar-refractivity contribution in [1.29, 1.82) is 0 Å². The Kier molecular flexibility index (Phi) is 5.18. The molecule has 2 rings (SSSR count). The molecule has 1 aliphatic rings. The highest BCUT2D eigenvalue weighted by atomic mass is 16.4. The fraction of sp³-hybridized carbons (Fsp3) is 0.588. The van der Waals surface area contributed by atoms with Crippen LogP contribution >= 0.6 is 0 Å². The smallest absolute Gasteiger partial charge is 0.308 e. The highest BCUT2D eigenvalue weighted by Gasteiger charge is 2.36. The third-order valence-electron chi connectivity index (χ3n) is 4.66. The molecule has 0 aliphatic heterocycles. The third kappa shape index (κ3) is 3.60. The monoisotopic (exact) mass is 275 g/mol. The van der Waals surface area contributed by atoms with Gasteiger partial charge in [0, 0.05) is 12.6 Å². The van der Waals surface area contributed by atoms with E-state index in [-0.39, 0.29) is 12.0 Å². The Hall–Kier alpha value is -1.35. The molecule has 1 aromatic carbocycles. The summed E-state index contributed by atoms with van der Waals surface area (Å²) >= 11 is 0. The number of carbonyl (C=O) groups is 1. The summed E-state index contributed by atoms with van der Waals surface area (Å²) in [4.78, 5) is 13.7. The largest absolute Gasteiger partial charge is 0.481 e. The number of hydrogen-bond acceptors (Lipinski definition) is 2. The first kappa shape index (κ1) is 15.0. The van der Waals surface area contributed by atoms with Crippen molar-refractivity contribution in [2.75, 3.05) is 7.05 Å². The third-order valence-corrected chi connectivity index (χ3v) is 4.66. The van der Waals surface area contributed by atoms with E-state index in [1.54, 1.807) is 0 Å². The van der Waals surface area contributed by atoms with E-state index >= 15 is 0 Å². The molecule has 0 saturated heterocycles. The van der Waals surface area contributed by atoms with Crippen LogP contribution in [-0.2, 0) is 11.3 Å². The number of hydrogen-bond donors (Lipinski definition) is 1. The van der Waals surface area contributed by atoms with Gasteiger partial charge in [-0.15, -0.1) is 0 Å². The summed E-state index contributed by atoms with van der Waals surface area (Å²) in [7, 11) is 2.06. The van der Waals surface area contributed by atoms with Crippen molar-refractivity contribution in [3.05, 3.63) is 35.9 Å². The van der Waals surface area contributed by atoms with Gasteiger partial charge in [-0.05, 0) is 37.8 Å². The van der Waals surface area contributed by atoms with Crippen molar-refractivity contribution in [2.24, 2.45) is 11.8 Å². The van der Waals surface area contributed by atoms with Gasteiger partial charge in [0.15, 0.2) is 0 Å². The molecule has 0 aromatic heterocycles. The molecule has 3 unspecified atom stereocenters. The maximum Gasteiger partial charge on any atom is 0.308 e. The van der Waals surface area contributed by atoms with Gasteiger partial charge >= 0.3 is 5.97 Å². The van der Waals surface area contributed by atoms with Crippen LogP contribution in [0.2, 0.25) is 0 Å². The number of benzene rings is 1. The topological polar surface area (TPSA) is 40.5 Å². The highest BCUT2D eigenvalue weighted by molar-refractivity contribution is 5.71. The van der Waals surface area contributed by atoms with Crippen molar-refractivity contribution >= 4 is 5.97 Å². The van der Waals surface area contributed by atoms with Crippen LogP contribution in [0.1, 0.15) is 38.2 Å². The molecule has 1 fully saturated rings. The highest BCUT2D eigenvalue weighted by Crippen LogP contribution is 2.34. The van der Waals surface area contributed by atoms with E-state index in [0.717, 1.165) is 32.2 Å². The Labute approximate surface area is 121 Å². The van der Waals surface area contributed by atoms with Gasteiger partial charge in [-0.25, -0.2) is 0 Å². The van der Waals surface area contributed by atoms with Crippen LogP contribution in [0.4, 0.5) is 0 Å². The van der Waals surface area contributed by atoms with Crippen LogP contribution in [0.5, 0.6) is 0 Å². The summed E-state index contributed by atoms with van der Waals surface area (Å²) in [6.07, 6.45) is 4.04. The van der Waals surface area contributed by atoms with Crippen molar-refractivity contribution in [1.82, 2.24) is 4.90 Å². The lowest BCUT2D eigenvalue weighted by Crippen LogP contribution is -2.45. The molecule has 0 amide bonds. The first-order valence-corrected chi connectivity index (χ1v) is 7.58. The Bertz CT molecular complexity index is 432. The van der Waals surface area contributed by atoms with Crippen LogP contribution in [0.15, 0.2) is 30.3 Å². The van der Waals surface area contributed by atoms with Crippen LogP contribution in [0.3, 0.4) is 0 Å². The summed E-state index contributed by atoms with van der Waals surface area (Å²) in [6.45, 7) is 3.03. The average molecular weight is 275 g/mol. The molecule has 0 heterocycles. The minimum absolute atomic E-state index is 0.159. The number of nitrogens with zero attached hydrogens (tertiary/aromatic N) is 1. The first-order chi connectivity index (χ1) is 9.61. The van der Waals surface area contributed by atoms with E-state index in [1.807, 2.05) is 18.2 Å². The van der Waals surface area contributed by atoms with Crippen molar-refractivity contribution in [2.45, 2.75) is 45.2 Å². The summed E-state index contributed by atoms with van der Waals surface area (Å²) in [5.41, 5.74) is 1.25. The lowest BCUT2D eigenvalue weighted by atomic mass is 9.76. The second-order valence-electron chi connectivity index (χ2n) is 6.00. The van der Waals surface area contributed by atoms with Crippen LogP contribution in [0, 0.1) is 11.8 Å². The fourth-order valence-electron chi connectivity index (χ4n) is 3.37. The number of aliphatic carboxylic acids is 1. The molecule has 1 saturated carbocycles. The lowest BCUT2D eigenvalue weighted by Gasteiger charge is -2.39. The lowest BCUT2D eigenvalue weighted by molar-refractivity contribution is -0.146. The molecule has 0 spiro atoms. The molecule has 20 heavy (non-hydrogen) atoms. The van der Waals surface area contributed by atoms with Crippen molar-refractivity contribution in [3.8, 4) is 0 Å². The van der Waals surface area contributed by atoms with Gasteiger partial charge in [0.1, 0.15) is 0 Å². The molecule has 110 valence electrons. The molecule has 0 bridgehead atoms. The molecule has 1 N–H and O–H groups in total. The van der Waals surface area contributed by atoms with E-state index in [0.29, 0.717) is 5.92 Å². The molecular formula is C17H25NO2. The van der Waals surface area contributed by atoms with Gasteiger partial charge in [-0.1, -0.05) is 43.7 Å². The molecule has 3 atom stereocenters. The Morgan fingerprint density at radius 1 is 1.30 bits per heavy atom. The number of carboxylic acid groups (broad SMARTS) is 1. The van der Waals surface area contributed by atoms with Gasteiger partial charge in [0.25, 0.3) is 0 Å². The predicted octanol–water partition coefficient (Wildman–Crippen LogP) is 3.40. The van der Waals surface area contributed by atoms with Crippen LogP contribution < -0.4 is 0 Å². The van der Waals surface area contributed by atoms with Gasteiger partial charge in [0.05, 0.1) is 5.92 Å². The number of carboxylic acids is 1. The molecule has 3 heteroatoms. The van der Waals surface area contributed by atoms with E-state index < -0.39 is 5.97 Å². The van der Waals surface area contributed by atoms with Gasteiger partial charge in [0.2, 0.25) is 0 Å². The summed E-state index contributed by atoms with van der Waals surface area (Å²) in [6, 6.07) is 10.4. The quantitative estimate of drug-likeness (QED) is 0.895. The van der Waals surface area contributed by atoms with E-state index in [4.69, 9.17) is 0 Å². The van der Waals surface area contributed by atoms with Crippen molar-refractivity contribution in [3.63, 3.8) is 0 Å². The Morgan fingerprint density at radius 2 is 2.00 bits per heavy atom. The predicted molar refractivity (Wildman–Crippen MR) is 80.5 cm³/mol. The summed E-state index contributed by atoms with van der Waals surface area (Å²) < 4.78 is 0. The summed E-state index contributed by atoms with van der Waals surface area (Å²) in [5, 5.41) is 9.46. The Balaban J connectivity index is 2.07. The summed E-state index contributed by atoms with van der Waals surface area (Å²) in [5.74, 6) is -0.176.